The van der Waals surface area contributed by atoms with E-state index in [1.165, 1.54) is 11.1 Å². The van der Waals surface area contributed by atoms with Gasteiger partial charge in [0, 0.05) is 12.1 Å². The Bertz CT molecular complexity index is 699. The first-order valence-corrected chi connectivity index (χ1v) is 7.63. The molecule has 0 saturated carbocycles. The molecule has 3 rings (SSSR count). The maximum absolute atomic E-state index is 12.7. The zero-order valence-corrected chi connectivity index (χ0v) is 13.2. The Hall–Kier alpha value is -1.51. The Morgan fingerprint density at radius 2 is 1.95 bits per heavy atom. The van der Waals surface area contributed by atoms with Gasteiger partial charge in [-0.05, 0) is 42.2 Å². The van der Waals surface area contributed by atoms with Gasteiger partial charge in [0.25, 0.3) is 5.91 Å². The van der Waals surface area contributed by atoms with Gasteiger partial charge in [-0.3, -0.25) is 4.79 Å². The average Bonchev–Trinajstić information content (AvgIpc) is 2.92. The van der Waals surface area contributed by atoms with E-state index in [0.717, 1.165) is 12.8 Å². The van der Waals surface area contributed by atoms with Crippen molar-refractivity contribution in [3.05, 3.63) is 69.2 Å². The van der Waals surface area contributed by atoms with E-state index in [-0.39, 0.29) is 11.9 Å². The minimum Gasteiger partial charge on any atom is -0.335 e. The maximum Gasteiger partial charge on any atom is 0.255 e. The SMILES string of the molecule is CN(C(=O)c1cc(Cl)ccc1Cl)C1CCc2ccccc21. The summed E-state index contributed by atoms with van der Waals surface area (Å²) in [7, 11) is 1.83. The first-order chi connectivity index (χ1) is 10.1. The number of nitrogens with zero attached hydrogens (tertiary/aromatic N) is 1. The van der Waals surface area contributed by atoms with Gasteiger partial charge in [0.15, 0.2) is 0 Å². The van der Waals surface area contributed by atoms with E-state index in [1.54, 1.807) is 23.1 Å². The van der Waals surface area contributed by atoms with Crippen LogP contribution in [0.2, 0.25) is 10.0 Å². The number of benzene rings is 2. The molecule has 0 aliphatic heterocycles. The summed E-state index contributed by atoms with van der Waals surface area (Å²) in [5.74, 6) is -0.0933. The summed E-state index contributed by atoms with van der Waals surface area (Å²) in [5.41, 5.74) is 3.00. The Kier molecular flexibility index (Phi) is 3.92. The quantitative estimate of drug-likeness (QED) is 0.782. The van der Waals surface area contributed by atoms with Gasteiger partial charge in [-0.15, -0.1) is 0 Å². The highest BCUT2D eigenvalue weighted by Gasteiger charge is 2.29. The monoisotopic (exact) mass is 319 g/mol. The fourth-order valence-corrected chi connectivity index (χ4v) is 3.30. The van der Waals surface area contributed by atoms with Crippen LogP contribution in [0, 0.1) is 0 Å². The molecule has 1 aliphatic carbocycles. The number of amides is 1. The van der Waals surface area contributed by atoms with Gasteiger partial charge in [-0.1, -0.05) is 47.5 Å². The predicted octanol–water partition coefficient (Wildman–Crippen LogP) is 4.75. The lowest BCUT2D eigenvalue weighted by atomic mass is 10.1. The second-order valence-corrected chi connectivity index (χ2v) is 6.14. The van der Waals surface area contributed by atoms with Crippen molar-refractivity contribution in [2.75, 3.05) is 7.05 Å². The molecule has 4 heteroatoms. The van der Waals surface area contributed by atoms with Crippen molar-refractivity contribution in [2.45, 2.75) is 18.9 Å². The van der Waals surface area contributed by atoms with E-state index in [2.05, 4.69) is 12.1 Å². The normalized spacial score (nSPS) is 16.6. The van der Waals surface area contributed by atoms with Crippen molar-refractivity contribution in [2.24, 2.45) is 0 Å². The average molecular weight is 320 g/mol. The summed E-state index contributed by atoms with van der Waals surface area (Å²) in [5, 5.41) is 0.950. The first kappa shape index (κ1) is 14.4. The zero-order valence-electron chi connectivity index (χ0n) is 11.6. The topological polar surface area (TPSA) is 20.3 Å². The van der Waals surface area contributed by atoms with Crippen LogP contribution in [0.15, 0.2) is 42.5 Å². The number of carbonyl (C=O) groups is 1. The molecular weight excluding hydrogens is 305 g/mol. The maximum atomic E-state index is 12.7. The van der Waals surface area contributed by atoms with Crippen molar-refractivity contribution >= 4 is 29.1 Å². The molecule has 1 aliphatic rings. The molecule has 2 aromatic carbocycles. The number of rotatable bonds is 2. The van der Waals surface area contributed by atoms with E-state index in [9.17, 15) is 4.79 Å². The molecule has 1 atom stereocenters. The molecule has 108 valence electrons. The molecule has 2 nitrogen and oxygen atoms in total. The molecule has 21 heavy (non-hydrogen) atoms. The molecule has 0 radical (unpaired) electrons. The molecule has 2 aromatic rings. The lowest BCUT2D eigenvalue weighted by Gasteiger charge is -2.26. The Morgan fingerprint density at radius 3 is 2.76 bits per heavy atom. The van der Waals surface area contributed by atoms with Crippen LogP contribution in [-0.2, 0) is 6.42 Å². The number of aryl methyl sites for hydroxylation is 1. The highest BCUT2D eigenvalue weighted by molar-refractivity contribution is 6.35. The van der Waals surface area contributed by atoms with E-state index >= 15 is 0 Å². The summed E-state index contributed by atoms with van der Waals surface area (Å²) in [4.78, 5) is 14.5. The Morgan fingerprint density at radius 1 is 1.19 bits per heavy atom. The van der Waals surface area contributed by atoms with Crippen LogP contribution in [0.5, 0.6) is 0 Å². The molecule has 1 unspecified atom stereocenters. The van der Waals surface area contributed by atoms with Gasteiger partial charge in [-0.2, -0.15) is 0 Å². The van der Waals surface area contributed by atoms with Gasteiger partial charge < -0.3 is 4.90 Å². The van der Waals surface area contributed by atoms with Crippen LogP contribution in [0.3, 0.4) is 0 Å². The van der Waals surface area contributed by atoms with Gasteiger partial charge in [-0.25, -0.2) is 0 Å². The predicted molar refractivity (Wildman–Crippen MR) is 86.1 cm³/mol. The fraction of sp³-hybridized carbons (Fsp3) is 0.235. The van der Waals surface area contributed by atoms with Crippen LogP contribution < -0.4 is 0 Å². The third-order valence-electron chi connectivity index (χ3n) is 4.05. The van der Waals surface area contributed by atoms with Crippen LogP contribution in [0.1, 0.15) is 33.9 Å². The molecule has 0 saturated heterocycles. The third-order valence-corrected chi connectivity index (χ3v) is 4.61. The lowest BCUT2D eigenvalue weighted by molar-refractivity contribution is 0.0731. The van der Waals surface area contributed by atoms with Crippen LogP contribution in [0.25, 0.3) is 0 Å². The largest absolute Gasteiger partial charge is 0.335 e. The van der Waals surface area contributed by atoms with E-state index < -0.39 is 0 Å². The molecule has 0 spiro atoms. The second-order valence-electron chi connectivity index (χ2n) is 5.29. The minimum atomic E-state index is -0.0933. The van der Waals surface area contributed by atoms with Crippen LogP contribution >= 0.6 is 23.2 Å². The second kappa shape index (κ2) is 5.70. The summed E-state index contributed by atoms with van der Waals surface area (Å²) >= 11 is 12.1. The molecule has 0 fully saturated rings. The summed E-state index contributed by atoms with van der Waals surface area (Å²) < 4.78 is 0. The molecular formula is C17H15Cl2NO. The zero-order chi connectivity index (χ0) is 15.0. The number of carbonyl (C=O) groups excluding carboxylic acids is 1. The molecule has 0 bridgehead atoms. The van der Waals surface area contributed by atoms with Gasteiger partial charge in [0.2, 0.25) is 0 Å². The molecule has 0 N–H and O–H groups in total. The standard InChI is InChI=1S/C17H15Cl2NO/c1-20(16-9-6-11-4-2-3-5-13(11)16)17(21)14-10-12(18)7-8-15(14)19/h2-5,7-8,10,16H,6,9H2,1H3. The Balaban J connectivity index is 1.91. The smallest absolute Gasteiger partial charge is 0.255 e. The molecule has 0 aromatic heterocycles. The minimum absolute atomic E-state index is 0.0933. The first-order valence-electron chi connectivity index (χ1n) is 6.88. The fourth-order valence-electron chi connectivity index (χ4n) is 2.93. The number of halogens is 2. The van der Waals surface area contributed by atoms with E-state index in [0.29, 0.717) is 15.6 Å². The van der Waals surface area contributed by atoms with Crippen LogP contribution in [-0.4, -0.2) is 17.9 Å². The van der Waals surface area contributed by atoms with Crippen LogP contribution in [0.4, 0.5) is 0 Å². The van der Waals surface area contributed by atoms with Gasteiger partial charge >= 0.3 is 0 Å². The summed E-state index contributed by atoms with van der Waals surface area (Å²) in [6, 6.07) is 13.3. The number of hydrogen-bond acceptors (Lipinski definition) is 1. The number of hydrogen-bond donors (Lipinski definition) is 0. The Labute approximate surface area is 134 Å². The molecule has 0 heterocycles. The highest BCUT2D eigenvalue weighted by Crippen LogP contribution is 2.36. The summed E-state index contributed by atoms with van der Waals surface area (Å²) in [6.07, 6.45) is 1.95. The highest BCUT2D eigenvalue weighted by atomic mass is 35.5. The van der Waals surface area contributed by atoms with E-state index in [4.69, 9.17) is 23.2 Å². The van der Waals surface area contributed by atoms with Crippen molar-refractivity contribution in [1.29, 1.82) is 0 Å². The van der Waals surface area contributed by atoms with Gasteiger partial charge in [0.1, 0.15) is 0 Å². The van der Waals surface area contributed by atoms with Crippen molar-refractivity contribution in [1.82, 2.24) is 4.90 Å². The summed E-state index contributed by atoms with van der Waals surface area (Å²) in [6.45, 7) is 0. The van der Waals surface area contributed by atoms with Crippen molar-refractivity contribution in [3.8, 4) is 0 Å². The number of fused-ring (bicyclic) bond motifs is 1. The van der Waals surface area contributed by atoms with Gasteiger partial charge in [0.05, 0.1) is 16.6 Å². The third kappa shape index (κ3) is 2.66. The van der Waals surface area contributed by atoms with Crippen molar-refractivity contribution < 1.29 is 4.79 Å². The van der Waals surface area contributed by atoms with E-state index in [1.807, 2.05) is 19.2 Å². The van der Waals surface area contributed by atoms with Crippen molar-refractivity contribution in [3.63, 3.8) is 0 Å². The molecule has 1 amide bonds. The lowest BCUT2D eigenvalue weighted by Crippen LogP contribution is -2.30.